The number of pyridine rings is 1. The highest BCUT2D eigenvalue weighted by molar-refractivity contribution is 5.82. The number of nitrogens with one attached hydrogen (secondary N) is 1. The zero-order chi connectivity index (χ0) is 25.2. The van der Waals surface area contributed by atoms with Crippen LogP contribution in [0.4, 0.5) is 0 Å². The number of furan rings is 1. The highest BCUT2D eigenvalue weighted by atomic mass is 16.5. The van der Waals surface area contributed by atoms with Gasteiger partial charge in [0.2, 0.25) is 0 Å². The summed E-state index contributed by atoms with van der Waals surface area (Å²) < 4.78 is 19.4. The average molecular weight is 505 g/mol. The minimum absolute atomic E-state index is 0.0529. The van der Waals surface area contributed by atoms with Crippen molar-refractivity contribution < 1.29 is 13.9 Å². The van der Waals surface area contributed by atoms with Gasteiger partial charge in [0.05, 0.1) is 37.1 Å². The van der Waals surface area contributed by atoms with E-state index < -0.39 is 6.04 Å². The van der Waals surface area contributed by atoms with E-state index in [9.17, 15) is 4.79 Å². The number of tetrazole rings is 1. The second-order valence-corrected chi connectivity index (χ2v) is 9.99. The summed E-state index contributed by atoms with van der Waals surface area (Å²) in [7, 11) is 0. The molecule has 37 heavy (non-hydrogen) atoms. The molecule has 2 aliphatic rings. The molecule has 10 nitrogen and oxygen atoms in total. The van der Waals surface area contributed by atoms with Gasteiger partial charge in [-0.2, -0.15) is 0 Å². The first kappa shape index (κ1) is 24.0. The number of para-hydroxylation sites is 1. The Hall–Kier alpha value is -3.34. The van der Waals surface area contributed by atoms with Gasteiger partial charge in [-0.05, 0) is 72.2 Å². The maximum Gasteiger partial charge on any atom is 0.253 e. The van der Waals surface area contributed by atoms with Crippen LogP contribution >= 0.6 is 0 Å². The number of aryl methyl sites for hydroxylation is 1. The summed E-state index contributed by atoms with van der Waals surface area (Å²) in [4.78, 5) is 19.0. The summed E-state index contributed by atoms with van der Waals surface area (Å²) in [6, 6.07) is 11.3. The molecule has 0 amide bonds. The van der Waals surface area contributed by atoms with Gasteiger partial charge < -0.3 is 18.9 Å². The Morgan fingerprint density at radius 1 is 1.14 bits per heavy atom. The molecule has 0 bridgehead atoms. The van der Waals surface area contributed by atoms with E-state index in [0.29, 0.717) is 31.0 Å². The molecule has 0 aliphatic carbocycles. The van der Waals surface area contributed by atoms with E-state index in [0.717, 1.165) is 61.1 Å². The van der Waals surface area contributed by atoms with Crippen molar-refractivity contribution in [1.82, 2.24) is 30.1 Å². The minimum Gasteiger partial charge on any atom is -0.468 e. The molecular weight excluding hydrogens is 472 g/mol. The Labute approximate surface area is 214 Å². The van der Waals surface area contributed by atoms with Gasteiger partial charge in [0, 0.05) is 25.3 Å². The Bertz CT molecular complexity index is 1390. The Balaban J connectivity index is 1.47. The lowest BCUT2D eigenvalue weighted by Gasteiger charge is -2.32. The van der Waals surface area contributed by atoms with E-state index in [1.165, 1.54) is 0 Å². The van der Waals surface area contributed by atoms with Crippen molar-refractivity contribution in [1.29, 1.82) is 0 Å². The minimum atomic E-state index is -0.514. The Morgan fingerprint density at radius 2 is 1.97 bits per heavy atom. The van der Waals surface area contributed by atoms with Crippen LogP contribution in [0.3, 0.4) is 0 Å². The highest BCUT2D eigenvalue weighted by Gasteiger charge is 2.34. The molecule has 0 spiro atoms. The first-order valence-electron chi connectivity index (χ1n) is 13.0. The number of benzene rings is 1. The number of H-pyrrole nitrogens is 1. The molecule has 194 valence electrons. The molecule has 2 fully saturated rings. The van der Waals surface area contributed by atoms with Crippen molar-refractivity contribution in [2.45, 2.75) is 63.9 Å². The van der Waals surface area contributed by atoms with Crippen LogP contribution in [0.1, 0.15) is 54.4 Å². The van der Waals surface area contributed by atoms with Gasteiger partial charge >= 0.3 is 0 Å². The van der Waals surface area contributed by atoms with Gasteiger partial charge in [0.1, 0.15) is 11.8 Å². The first-order valence-corrected chi connectivity index (χ1v) is 13.0. The zero-order valence-corrected chi connectivity index (χ0v) is 21.0. The third-order valence-electron chi connectivity index (χ3n) is 7.38. The van der Waals surface area contributed by atoms with Crippen LogP contribution in [0.25, 0.3) is 10.9 Å². The number of aromatic amines is 1. The van der Waals surface area contributed by atoms with E-state index in [2.05, 4.69) is 25.4 Å². The van der Waals surface area contributed by atoms with Crippen molar-refractivity contribution in [2.24, 2.45) is 0 Å². The van der Waals surface area contributed by atoms with E-state index in [1.54, 1.807) is 10.9 Å². The highest BCUT2D eigenvalue weighted by Crippen LogP contribution is 2.31. The van der Waals surface area contributed by atoms with E-state index in [1.807, 2.05) is 43.3 Å². The van der Waals surface area contributed by atoms with E-state index in [-0.39, 0.29) is 17.8 Å². The van der Waals surface area contributed by atoms with Gasteiger partial charge in [-0.1, -0.05) is 18.2 Å². The molecular formula is C27H32N6O4. The molecule has 10 heteroatoms. The van der Waals surface area contributed by atoms with Crippen LogP contribution < -0.4 is 5.56 Å². The zero-order valence-electron chi connectivity index (χ0n) is 21.0. The largest absolute Gasteiger partial charge is 0.468 e. The second-order valence-electron chi connectivity index (χ2n) is 9.99. The maximum absolute atomic E-state index is 13.7. The number of nitrogens with zero attached hydrogens (tertiary/aromatic N) is 5. The topological polar surface area (TPSA) is 111 Å². The van der Waals surface area contributed by atoms with Crippen LogP contribution in [-0.2, 0) is 22.6 Å². The monoisotopic (exact) mass is 504 g/mol. The third-order valence-corrected chi connectivity index (χ3v) is 7.38. The summed E-state index contributed by atoms with van der Waals surface area (Å²) >= 11 is 0. The summed E-state index contributed by atoms with van der Waals surface area (Å²) in [5.41, 5.74) is 2.29. The number of rotatable bonds is 9. The number of hydrogen-bond acceptors (Lipinski definition) is 8. The summed E-state index contributed by atoms with van der Waals surface area (Å²) in [5, 5.41) is 13.8. The summed E-state index contributed by atoms with van der Waals surface area (Å²) in [5.74, 6) is 1.41. The van der Waals surface area contributed by atoms with Gasteiger partial charge in [0.15, 0.2) is 5.82 Å². The molecule has 0 saturated carbocycles. The molecule has 2 aliphatic heterocycles. The van der Waals surface area contributed by atoms with E-state index >= 15 is 0 Å². The molecule has 4 aromatic rings. The molecule has 0 unspecified atom stereocenters. The lowest BCUT2D eigenvalue weighted by Crippen LogP contribution is -2.39. The fourth-order valence-corrected chi connectivity index (χ4v) is 5.53. The lowest BCUT2D eigenvalue weighted by atomic mass is 10.0. The molecule has 6 rings (SSSR count). The van der Waals surface area contributed by atoms with Crippen molar-refractivity contribution in [3.63, 3.8) is 0 Å². The van der Waals surface area contributed by atoms with Crippen molar-refractivity contribution in [2.75, 3.05) is 19.8 Å². The van der Waals surface area contributed by atoms with Crippen LogP contribution in [0.15, 0.2) is 51.9 Å². The van der Waals surface area contributed by atoms with Crippen molar-refractivity contribution >= 4 is 10.9 Å². The van der Waals surface area contributed by atoms with Crippen LogP contribution in [-0.4, -0.2) is 62.1 Å². The summed E-state index contributed by atoms with van der Waals surface area (Å²) in [6.07, 6.45) is 5.76. The summed E-state index contributed by atoms with van der Waals surface area (Å²) in [6.45, 7) is 5.13. The fraction of sp³-hybridized carbons (Fsp3) is 0.481. The predicted octanol–water partition coefficient (Wildman–Crippen LogP) is 3.37. The molecule has 2 saturated heterocycles. The van der Waals surface area contributed by atoms with Crippen LogP contribution in [0, 0.1) is 6.92 Å². The predicted molar refractivity (Wildman–Crippen MR) is 136 cm³/mol. The fourth-order valence-electron chi connectivity index (χ4n) is 5.53. The van der Waals surface area contributed by atoms with Gasteiger partial charge in [-0.15, -0.1) is 5.10 Å². The molecule has 3 aromatic heterocycles. The Morgan fingerprint density at radius 3 is 2.73 bits per heavy atom. The van der Waals surface area contributed by atoms with Crippen molar-refractivity contribution in [3.8, 4) is 0 Å². The number of hydrogen-bond donors (Lipinski definition) is 1. The molecule has 1 N–H and O–H groups in total. The third kappa shape index (κ3) is 5.09. The van der Waals surface area contributed by atoms with Gasteiger partial charge in [0.25, 0.3) is 5.56 Å². The smallest absolute Gasteiger partial charge is 0.253 e. The molecule has 5 heterocycles. The number of aromatic nitrogens is 5. The molecule has 1 aromatic carbocycles. The SMILES string of the molecule is Cc1cccc2cc([C@@H](c3nnnn3C[C@H]3CCCO3)N(Cc3ccco3)C[C@@H]3CCCO3)c(=O)[nH]c12. The van der Waals surface area contributed by atoms with Gasteiger partial charge in [-0.25, -0.2) is 4.68 Å². The van der Waals surface area contributed by atoms with Gasteiger partial charge in [-0.3, -0.25) is 9.69 Å². The average Bonchev–Trinajstić information content (AvgIpc) is 3.71. The van der Waals surface area contributed by atoms with E-state index in [4.69, 9.17) is 13.9 Å². The van der Waals surface area contributed by atoms with Crippen LogP contribution in [0.2, 0.25) is 0 Å². The molecule has 0 radical (unpaired) electrons. The molecule has 3 atom stereocenters. The standard InChI is InChI=1S/C27H32N6O4/c1-18-6-2-7-19-14-23(27(34)28-24(18)19)25(26-29-30-31-33(26)17-22-10-5-13-37-22)32(15-20-8-3-11-35-20)16-21-9-4-12-36-21/h2-3,6-8,11,14,21-22,25H,4-5,9-10,12-13,15-17H2,1H3,(H,28,34)/t21-,22+,25-/m0/s1. The Kier molecular flexibility index (Phi) is 6.86. The number of fused-ring (bicyclic) bond motifs is 1. The van der Waals surface area contributed by atoms with Crippen molar-refractivity contribution in [3.05, 3.63) is 75.7 Å². The first-order chi connectivity index (χ1) is 18.2. The second kappa shape index (κ2) is 10.6. The number of ether oxygens (including phenoxy) is 2. The van der Waals surface area contributed by atoms with Crippen LogP contribution in [0.5, 0.6) is 0 Å². The lowest BCUT2D eigenvalue weighted by molar-refractivity contribution is 0.0528. The normalized spacial score (nSPS) is 20.8. The maximum atomic E-state index is 13.7. The quantitative estimate of drug-likeness (QED) is 0.369.